The Bertz CT molecular complexity index is 3760. The first-order chi connectivity index (χ1) is 51.5. The van der Waals surface area contributed by atoms with Crippen LogP contribution in [0.3, 0.4) is 0 Å². The molecule has 0 bridgehead atoms. The van der Waals surface area contributed by atoms with Crippen LogP contribution in [-0.4, -0.2) is 148 Å². The van der Waals surface area contributed by atoms with Gasteiger partial charge in [-0.15, -0.1) is 6.58 Å². The minimum Gasteiger partial charge on any atom is -0.454 e. The third-order valence-electron chi connectivity index (χ3n) is 19.1. The first-order valence-electron chi connectivity index (χ1n) is 36.3. The van der Waals surface area contributed by atoms with Gasteiger partial charge in [0, 0.05) is 12.8 Å². The molecule has 0 aliphatic carbocycles. The molecule has 0 amide bonds. The van der Waals surface area contributed by atoms with Crippen LogP contribution in [0.2, 0.25) is 0 Å². The average molecular weight is 1440 g/mol. The fraction of sp³-hybridized carbons (Fsp3) is 0.407. The molecule has 8 aromatic rings. The minimum atomic E-state index is -1.69. The fourth-order valence-electron chi connectivity index (χ4n) is 13.8. The van der Waals surface area contributed by atoms with Gasteiger partial charge in [0.25, 0.3) is 0 Å². The van der Waals surface area contributed by atoms with Gasteiger partial charge in [-0.1, -0.05) is 249 Å². The van der Waals surface area contributed by atoms with Crippen molar-refractivity contribution >= 4 is 5.97 Å². The van der Waals surface area contributed by atoms with Crippen molar-refractivity contribution < 1.29 is 90.4 Å². The first-order valence-corrected chi connectivity index (χ1v) is 36.3. The summed E-state index contributed by atoms with van der Waals surface area (Å²) in [5.74, 6) is -1.38. The molecule has 20 atom stereocenters. The number of carbonyl (C=O) groups is 1. The predicted molar refractivity (Wildman–Crippen MR) is 390 cm³/mol. The number of hydrogen-bond donors (Lipinski definition) is 1. The molecule has 0 aromatic heterocycles. The highest BCUT2D eigenvalue weighted by molar-refractivity contribution is 5.66. The number of benzene rings is 8. The lowest BCUT2D eigenvalue weighted by Gasteiger charge is -2.52. The Morgan fingerprint density at radius 3 is 1.10 bits per heavy atom. The molecular formula is C86H98O19. The van der Waals surface area contributed by atoms with Crippen molar-refractivity contribution in [2.75, 3.05) is 19.8 Å². The van der Waals surface area contributed by atoms with Gasteiger partial charge < -0.3 is 85.6 Å². The number of esters is 1. The van der Waals surface area contributed by atoms with Crippen LogP contribution >= 0.6 is 0 Å². The Balaban J connectivity index is 0.949. The summed E-state index contributed by atoms with van der Waals surface area (Å²) in [6, 6.07) is 78.7. The molecule has 4 heterocycles. The molecule has 0 saturated carbocycles. The Morgan fingerprint density at radius 2 is 0.667 bits per heavy atom. The maximum Gasteiger partial charge on any atom is 0.303 e. The van der Waals surface area contributed by atoms with Crippen LogP contribution in [0.1, 0.15) is 72.2 Å². The standard InChI is InChI=1S/C86H98O19/c1-6-47-91-84-82(101-61(5)87)80(75(60(4)99-84)94-52-66-39-23-11-24-40-66)105-85-76(70(56-89-48-62-31-15-7-16-32-62)73(58(2)100-85)92-50-64-35-19-9-20-36-64)103-83-72(88)78(74(59(3)98-83)93-51-65-37-21-10-22-38-65)104-86-81(97-55-69-45-29-14-30-46-69)79(96-54-68-43-27-13-28-44-68)77(95-53-67-41-25-12-26-42-67)71(102-86)57-90-49-63-33-17-8-18-34-63/h6-46,58-60,70-86,88H,1,47-57H2,2-5H3/t58-,59-,60-,70+,71-,72+,73-,74-,75-,76+,77-,78-,79+,80+,81+,82+,83-,84+,85-,86-/m0/s1. The van der Waals surface area contributed by atoms with Gasteiger partial charge in [-0.3, -0.25) is 4.79 Å². The topological polar surface area (TPSA) is 194 Å². The smallest absolute Gasteiger partial charge is 0.303 e. The third kappa shape index (κ3) is 21.8. The Hall–Kier alpha value is -7.71. The van der Waals surface area contributed by atoms with Crippen LogP contribution in [-0.2, 0) is 138 Å². The number of rotatable bonds is 36. The monoisotopic (exact) mass is 1430 g/mol. The van der Waals surface area contributed by atoms with Crippen molar-refractivity contribution in [3.05, 3.63) is 300 Å². The first kappa shape index (κ1) is 76.9. The molecule has 4 fully saturated rings. The van der Waals surface area contributed by atoms with E-state index in [2.05, 4.69) is 6.58 Å². The van der Waals surface area contributed by atoms with Crippen molar-refractivity contribution in [1.82, 2.24) is 0 Å². The van der Waals surface area contributed by atoms with Gasteiger partial charge in [0.2, 0.25) is 0 Å². The summed E-state index contributed by atoms with van der Waals surface area (Å²) in [7, 11) is 0. The lowest BCUT2D eigenvalue weighted by Crippen LogP contribution is -2.67. The summed E-state index contributed by atoms with van der Waals surface area (Å²) in [5.41, 5.74) is 7.27. The molecule has 0 unspecified atom stereocenters. The second-order valence-corrected chi connectivity index (χ2v) is 26.9. The summed E-state index contributed by atoms with van der Waals surface area (Å²) >= 11 is 0. The molecule has 19 heteroatoms. The SMILES string of the molecule is C=CCO[C@@H]1O[C@@H](C)[C@H](OCc2ccccc2)[C@@H](O[C@@H]2O[C@@H](C)[C@H](OCc3ccccc3)[C@@H](COCc3ccccc3)[C@H]2O[C@@H]2O[C@@H](C)[C@H](OCc3ccccc3)[C@@H](O[C@@H]3O[C@@H](COCc4ccccc4)[C@H](OCc4ccccc4)[C@@H](OCc4ccccc4)[C@H]3OCc3ccccc3)[C@H]2O)[C@H]1OC(C)=O. The second-order valence-electron chi connectivity index (χ2n) is 26.9. The Labute approximate surface area is 616 Å². The van der Waals surface area contributed by atoms with Gasteiger partial charge in [0.1, 0.15) is 61.0 Å². The van der Waals surface area contributed by atoms with E-state index < -0.39 is 129 Å². The van der Waals surface area contributed by atoms with Crippen LogP contribution in [0.25, 0.3) is 0 Å². The van der Waals surface area contributed by atoms with Crippen LogP contribution in [0.15, 0.2) is 255 Å². The van der Waals surface area contributed by atoms with E-state index in [0.29, 0.717) is 0 Å². The maximum atomic E-state index is 13.8. The zero-order valence-electron chi connectivity index (χ0n) is 60.0. The van der Waals surface area contributed by atoms with Gasteiger partial charge in [-0.2, -0.15) is 0 Å². The van der Waals surface area contributed by atoms with E-state index in [1.165, 1.54) is 6.92 Å². The van der Waals surface area contributed by atoms with Crippen LogP contribution in [0.5, 0.6) is 0 Å². The van der Waals surface area contributed by atoms with E-state index in [9.17, 15) is 9.90 Å². The van der Waals surface area contributed by atoms with E-state index in [1.807, 2.05) is 263 Å². The molecule has 4 aliphatic rings. The van der Waals surface area contributed by atoms with Gasteiger partial charge >= 0.3 is 5.97 Å². The number of hydrogen-bond acceptors (Lipinski definition) is 19. The summed E-state index contributed by atoms with van der Waals surface area (Å²) in [6.45, 7) is 12.3. The third-order valence-corrected chi connectivity index (χ3v) is 19.1. The highest BCUT2D eigenvalue weighted by Crippen LogP contribution is 2.41. The summed E-state index contributed by atoms with van der Waals surface area (Å²) in [6.07, 6.45) is -19.1. The van der Waals surface area contributed by atoms with Crippen LogP contribution in [0.4, 0.5) is 0 Å². The lowest BCUT2D eigenvalue weighted by molar-refractivity contribution is -0.398. The molecule has 12 rings (SSSR count). The molecule has 19 nitrogen and oxygen atoms in total. The molecule has 0 radical (unpaired) electrons. The molecule has 0 spiro atoms. The van der Waals surface area contributed by atoms with Crippen LogP contribution < -0.4 is 0 Å². The van der Waals surface area contributed by atoms with Crippen molar-refractivity contribution in [3.8, 4) is 0 Å². The van der Waals surface area contributed by atoms with Crippen molar-refractivity contribution in [1.29, 1.82) is 0 Å². The average Bonchev–Trinajstić information content (AvgIpc) is 0.765. The molecule has 4 saturated heterocycles. The molecule has 556 valence electrons. The Kier molecular flexibility index (Phi) is 29.1. The molecule has 4 aliphatic heterocycles. The van der Waals surface area contributed by atoms with Crippen molar-refractivity contribution in [2.45, 2.75) is 197 Å². The van der Waals surface area contributed by atoms with Crippen molar-refractivity contribution in [2.24, 2.45) is 5.92 Å². The summed E-state index contributed by atoms with van der Waals surface area (Å²) < 4.78 is 119. The van der Waals surface area contributed by atoms with E-state index in [0.717, 1.165) is 44.5 Å². The van der Waals surface area contributed by atoms with E-state index in [1.54, 1.807) is 6.08 Å². The molecule has 105 heavy (non-hydrogen) atoms. The van der Waals surface area contributed by atoms with Gasteiger partial charge in [0.05, 0.1) is 97.1 Å². The second kappa shape index (κ2) is 39.8. The zero-order valence-corrected chi connectivity index (χ0v) is 60.0. The van der Waals surface area contributed by atoms with Gasteiger partial charge in [-0.05, 0) is 65.3 Å². The van der Waals surface area contributed by atoms with Gasteiger partial charge in [-0.25, -0.2) is 0 Å². The van der Waals surface area contributed by atoms with Crippen LogP contribution in [0, 0.1) is 5.92 Å². The fourth-order valence-corrected chi connectivity index (χ4v) is 13.8. The minimum absolute atomic E-state index is 0.0200. The maximum absolute atomic E-state index is 13.8. The lowest BCUT2D eigenvalue weighted by atomic mass is 9.88. The quantitative estimate of drug-likeness (QED) is 0.0287. The zero-order chi connectivity index (χ0) is 72.5. The number of ether oxygens (including phenoxy) is 17. The molecule has 1 N–H and O–H groups in total. The number of aliphatic hydroxyl groups is 1. The van der Waals surface area contributed by atoms with E-state index >= 15 is 0 Å². The van der Waals surface area contributed by atoms with Crippen molar-refractivity contribution in [3.63, 3.8) is 0 Å². The summed E-state index contributed by atoms with van der Waals surface area (Å²) in [5, 5.41) is 13.8. The summed E-state index contributed by atoms with van der Waals surface area (Å²) in [4.78, 5) is 13.4. The number of carbonyl (C=O) groups excluding carboxylic acids is 1. The normalized spacial score (nSPS) is 29.0. The molecule has 8 aromatic carbocycles. The Morgan fingerprint density at radius 1 is 0.343 bits per heavy atom. The number of aliphatic hydroxyl groups excluding tert-OH is 1. The van der Waals surface area contributed by atoms with E-state index in [-0.39, 0.29) is 72.7 Å². The highest BCUT2D eigenvalue weighted by atomic mass is 16.8. The van der Waals surface area contributed by atoms with Gasteiger partial charge in [0.15, 0.2) is 31.3 Å². The van der Waals surface area contributed by atoms with E-state index in [4.69, 9.17) is 80.5 Å². The molecular weight excluding hydrogens is 1340 g/mol. The highest BCUT2D eigenvalue weighted by Gasteiger charge is 2.58. The predicted octanol–water partition coefficient (Wildman–Crippen LogP) is 13.2. The largest absolute Gasteiger partial charge is 0.454 e.